The third-order valence-electron chi connectivity index (χ3n) is 6.67. The van der Waals surface area contributed by atoms with E-state index in [2.05, 4.69) is 61.8 Å². The molecule has 2 aliphatic heterocycles. The monoisotopic (exact) mass is 444 g/mol. The van der Waals surface area contributed by atoms with Crippen molar-refractivity contribution < 1.29 is 0 Å². The molecule has 2 fully saturated rings. The number of aromatic nitrogens is 4. The molecule has 2 saturated heterocycles. The average molecular weight is 445 g/mol. The first-order chi connectivity index (χ1) is 16.2. The highest BCUT2D eigenvalue weighted by Crippen LogP contribution is 2.24. The van der Waals surface area contributed by atoms with Crippen LogP contribution in [0.1, 0.15) is 12.6 Å². The third-order valence-corrected chi connectivity index (χ3v) is 6.67. The van der Waals surface area contributed by atoms with Crippen LogP contribution in [0.4, 0.5) is 17.6 Å². The van der Waals surface area contributed by atoms with E-state index in [-0.39, 0.29) is 0 Å². The molecule has 2 aliphatic rings. The normalized spacial score (nSPS) is 17.5. The van der Waals surface area contributed by atoms with Gasteiger partial charge in [0.1, 0.15) is 0 Å². The summed E-state index contributed by atoms with van der Waals surface area (Å²) in [5.74, 6) is 1.60. The van der Waals surface area contributed by atoms with Gasteiger partial charge in [-0.3, -0.25) is 0 Å². The lowest BCUT2D eigenvalue weighted by Gasteiger charge is -2.36. The fourth-order valence-electron chi connectivity index (χ4n) is 4.58. The summed E-state index contributed by atoms with van der Waals surface area (Å²) in [6.45, 7) is 13.1. The summed E-state index contributed by atoms with van der Waals surface area (Å²) < 4.78 is 0. The van der Waals surface area contributed by atoms with E-state index in [1.165, 1.54) is 5.69 Å². The zero-order valence-electron chi connectivity index (χ0n) is 19.6. The van der Waals surface area contributed by atoms with Crippen molar-refractivity contribution in [2.45, 2.75) is 13.8 Å². The number of anilines is 3. The van der Waals surface area contributed by atoms with Crippen LogP contribution in [0, 0.1) is 6.92 Å². The van der Waals surface area contributed by atoms with E-state index < -0.39 is 0 Å². The van der Waals surface area contributed by atoms with Gasteiger partial charge in [0.2, 0.25) is 11.9 Å². The molecular formula is C25H32N8. The van der Waals surface area contributed by atoms with Gasteiger partial charge < -0.3 is 19.6 Å². The Morgan fingerprint density at radius 2 is 1.36 bits per heavy atom. The minimum absolute atomic E-state index is 0.795. The number of hydrogen-bond donors (Lipinski definition) is 0. The average Bonchev–Trinajstić information content (AvgIpc) is 2.89. The van der Waals surface area contributed by atoms with E-state index in [4.69, 9.17) is 15.0 Å². The minimum atomic E-state index is 0.795. The first-order valence-electron chi connectivity index (χ1n) is 11.9. The van der Waals surface area contributed by atoms with Gasteiger partial charge in [-0.05, 0) is 31.7 Å². The lowest BCUT2D eigenvalue weighted by molar-refractivity contribution is 0.270. The number of likely N-dealkylation sites (N-methyl/N-ethyl adjacent to an activating group) is 1. The van der Waals surface area contributed by atoms with Crippen LogP contribution in [-0.2, 0) is 0 Å². The standard InChI is InChI=1S/C25H32N8/c1-3-30-11-13-32(14-12-30)24-26-10-9-23(29-24)22-19-27-25(28-20(22)2)33-17-15-31(16-18-33)21-7-5-4-6-8-21/h4-10,19H,3,11-18H2,1-2H3. The molecule has 0 bridgehead atoms. The molecule has 0 atom stereocenters. The minimum Gasteiger partial charge on any atom is -0.368 e. The smallest absolute Gasteiger partial charge is 0.225 e. The van der Waals surface area contributed by atoms with Gasteiger partial charge in [-0.1, -0.05) is 25.1 Å². The van der Waals surface area contributed by atoms with Gasteiger partial charge in [0, 0.05) is 76.0 Å². The van der Waals surface area contributed by atoms with E-state index in [0.29, 0.717) is 0 Å². The molecule has 8 heteroatoms. The highest BCUT2D eigenvalue weighted by molar-refractivity contribution is 5.62. The molecule has 3 aromatic rings. The second-order valence-corrected chi connectivity index (χ2v) is 8.64. The zero-order chi connectivity index (χ0) is 22.6. The van der Waals surface area contributed by atoms with Gasteiger partial charge in [-0.15, -0.1) is 0 Å². The molecule has 0 spiro atoms. The summed E-state index contributed by atoms with van der Waals surface area (Å²) in [6.07, 6.45) is 3.77. The molecule has 0 radical (unpaired) electrons. The lowest BCUT2D eigenvalue weighted by atomic mass is 10.1. The van der Waals surface area contributed by atoms with Gasteiger partial charge in [0.15, 0.2) is 0 Å². The predicted octanol–water partition coefficient (Wildman–Crippen LogP) is 2.71. The third kappa shape index (κ3) is 4.75. The van der Waals surface area contributed by atoms with Gasteiger partial charge >= 0.3 is 0 Å². The molecule has 4 heterocycles. The van der Waals surface area contributed by atoms with Crippen LogP contribution in [0.3, 0.4) is 0 Å². The maximum absolute atomic E-state index is 4.86. The Kier molecular flexibility index (Phi) is 6.35. The Hall–Kier alpha value is -3.26. The van der Waals surface area contributed by atoms with Crippen LogP contribution in [0.2, 0.25) is 0 Å². The number of piperazine rings is 2. The van der Waals surface area contributed by atoms with E-state index in [9.17, 15) is 0 Å². The Bertz CT molecular complexity index is 1060. The molecule has 172 valence electrons. The quantitative estimate of drug-likeness (QED) is 0.595. The molecule has 8 nitrogen and oxygen atoms in total. The van der Waals surface area contributed by atoms with Gasteiger partial charge in [-0.25, -0.2) is 19.9 Å². The fourth-order valence-corrected chi connectivity index (χ4v) is 4.58. The Morgan fingerprint density at radius 3 is 2.03 bits per heavy atom. The molecule has 33 heavy (non-hydrogen) atoms. The number of rotatable bonds is 5. The highest BCUT2D eigenvalue weighted by atomic mass is 15.3. The van der Waals surface area contributed by atoms with Gasteiger partial charge in [0.05, 0.1) is 11.4 Å². The van der Waals surface area contributed by atoms with E-state index in [1.54, 1.807) is 0 Å². The maximum atomic E-state index is 4.86. The van der Waals surface area contributed by atoms with Crippen LogP contribution < -0.4 is 14.7 Å². The van der Waals surface area contributed by atoms with Crippen LogP contribution in [0.5, 0.6) is 0 Å². The zero-order valence-corrected chi connectivity index (χ0v) is 19.6. The molecule has 2 aromatic heterocycles. The summed E-state index contributed by atoms with van der Waals surface area (Å²) in [5, 5.41) is 0. The second-order valence-electron chi connectivity index (χ2n) is 8.64. The first-order valence-corrected chi connectivity index (χ1v) is 11.9. The second kappa shape index (κ2) is 9.70. The summed E-state index contributed by atoms with van der Waals surface area (Å²) in [4.78, 5) is 28.4. The highest BCUT2D eigenvalue weighted by Gasteiger charge is 2.21. The molecular weight excluding hydrogens is 412 g/mol. The topological polar surface area (TPSA) is 64.5 Å². The summed E-state index contributed by atoms with van der Waals surface area (Å²) in [7, 11) is 0. The van der Waals surface area contributed by atoms with Crippen molar-refractivity contribution >= 4 is 17.6 Å². The first kappa shape index (κ1) is 21.6. The number of aryl methyl sites for hydroxylation is 1. The summed E-state index contributed by atoms with van der Waals surface area (Å²) in [6, 6.07) is 12.5. The molecule has 5 rings (SSSR count). The SMILES string of the molecule is CCN1CCN(c2nccc(-c3cnc(N4CCN(c5ccccc5)CC4)nc3C)n2)CC1. The van der Waals surface area contributed by atoms with E-state index in [0.717, 1.165) is 87.8 Å². The Labute approximate surface area is 195 Å². The predicted molar refractivity (Wildman–Crippen MR) is 133 cm³/mol. The lowest BCUT2D eigenvalue weighted by Crippen LogP contribution is -2.47. The summed E-state index contributed by atoms with van der Waals surface area (Å²) >= 11 is 0. The number of para-hydroxylation sites is 1. The maximum Gasteiger partial charge on any atom is 0.225 e. The fraction of sp³-hybridized carbons (Fsp3) is 0.440. The molecule has 1 aromatic carbocycles. The molecule has 0 saturated carbocycles. The van der Waals surface area contributed by atoms with Crippen molar-refractivity contribution in [2.24, 2.45) is 0 Å². The van der Waals surface area contributed by atoms with Crippen molar-refractivity contribution in [3.05, 3.63) is 54.5 Å². The van der Waals surface area contributed by atoms with E-state index in [1.807, 2.05) is 25.4 Å². The van der Waals surface area contributed by atoms with Crippen molar-refractivity contribution in [3.63, 3.8) is 0 Å². The van der Waals surface area contributed by atoms with Crippen molar-refractivity contribution in [2.75, 3.05) is 73.6 Å². The number of hydrogen-bond acceptors (Lipinski definition) is 8. The number of nitrogens with zero attached hydrogens (tertiary/aromatic N) is 8. The van der Waals surface area contributed by atoms with Crippen molar-refractivity contribution in [3.8, 4) is 11.3 Å². The van der Waals surface area contributed by atoms with Crippen molar-refractivity contribution in [1.29, 1.82) is 0 Å². The molecule has 0 unspecified atom stereocenters. The van der Waals surface area contributed by atoms with Crippen LogP contribution >= 0.6 is 0 Å². The van der Waals surface area contributed by atoms with Crippen LogP contribution in [0.25, 0.3) is 11.3 Å². The van der Waals surface area contributed by atoms with Crippen LogP contribution in [-0.4, -0.2) is 83.7 Å². The molecule has 0 aliphatic carbocycles. The van der Waals surface area contributed by atoms with Gasteiger partial charge in [-0.2, -0.15) is 0 Å². The van der Waals surface area contributed by atoms with Crippen LogP contribution in [0.15, 0.2) is 48.8 Å². The Morgan fingerprint density at radius 1 is 0.727 bits per heavy atom. The Balaban J connectivity index is 1.27. The van der Waals surface area contributed by atoms with E-state index >= 15 is 0 Å². The summed E-state index contributed by atoms with van der Waals surface area (Å²) in [5.41, 5.74) is 4.08. The molecule has 0 N–H and O–H groups in total. The molecule has 0 amide bonds. The number of benzene rings is 1. The van der Waals surface area contributed by atoms with Crippen molar-refractivity contribution in [1.82, 2.24) is 24.8 Å². The van der Waals surface area contributed by atoms with Gasteiger partial charge in [0.25, 0.3) is 0 Å². The largest absolute Gasteiger partial charge is 0.368 e.